The number of rotatable bonds is 7. The van der Waals surface area contributed by atoms with E-state index in [1.54, 1.807) is 32.4 Å². The highest BCUT2D eigenvalue weighted by Crippen LogP contribution is 2.30. The van der Waals surface area contributed by atoms with Crippen LogP contribution in [-0.4, -0.2) is 24.7 Å². The first-order chi connectivity index (χ1) is 12.7. The number of hydrogen-bond acceptors (Lipinski definition) is 3. The van der Waals surface area contributed by atoms with Gasteiger partial charge >= 0.3 is 0 Å². The molecule has 0 aliphatic carbocycles. The Kier molecular flexibility index (Phi) is 5.59. The lowest BCUT2D eigenvalue weighted by Gasteiger charge is -2.19. The summed E-state index contributed by atoms with van der Waals surface area (Å²) in [7, 11) is 3.15. The van der Waals surface area contributed by atoms with E-state index in [2.05, 4.69) is 5.32 Å². The van der Waals surface area contributed by atoms with Crippen LogP contribution in [0.5, 0.6) is 11.5 Å². The second-order valence-electron chi connectivity index (χ2n) is 5.88. The summed E-state index contributed by atoms with van der Waals surface area (Å²) in [5.74, 6) is 1.13. The zero-order chi connectivity index (χ0) is 18.4. The number of benzene rings is 2. The van der Waals surface area contributed by atoms with Crippen molar-refractivity contribution in [2.45, 2.75) is 12.5 Å². The Labute approximate surface area is 153 Å². The predicted octanol–water partition coefficient (Wildman–Crippen LogP) is 4.12. The molecule has 134 valence electrons. The van der Waals surface area contributed by atoms with Gasteiger partial charge in [-0.05, 0) is 29.8 Å². The molecular formula is C21H22N2O3. The van der Waals surface area contributed by atoms with Crippen LogP contribution in [0.15, 0.2) is 73.1 Å². The van der Waals surface area contributed by atoms with Crippen molar-refractivity contribution in [3.05, 3.63) is 78.6 Å². The Hall–Kier alpha value is -3.21. The summed E-state index contributed by atoms with van der Waals surface area (Å²) < 4.78 is 12.6. The fraction of sp³-hybridized carbons (Fsp3) is 0.190. The van der Waals surface area contributed by atoms with Crippen LogP contribution < -0.4 is 14.8 Å². The van der Waals surface area contributed by atoms with Crippen LogP contribution in [0.25, 0.3) is 0 Å². The topological polar surface area (TPSA) is 52.5 Å². The summed E-state index contributed by atoms with van der Waals surface area (Å²) in [6.45, 7) is 0. The van der Waals surface area contributed by atoms with Crippen LogP contribution in [0, 0.1) is 0 Å². The SMILES string of the molecule is COc1ccc(NC(=O)C[C@H](c2ccccc2)n2cccc2)cc1OC. The van der Waals surface area contributed by atoms with Gasteiger partial charge in [0.2, 0.25) is 5.91 Å². The standard InChI is InChI=1S/C21H22N2O3/c1-25-19-11-10-17(14-20(19)26-2)22-21(24)15-18(23-12-6-7-13-23)16-8-4-3-5-9-16/h3-14,18H,15H2,1-2H3,(H,22,24)/t18-/m1/s1. The number of methoxy groups -OCH3 is 2. The molecule has 0 radical (unpaired) electrons. The van der Waals surface area contributed by atoms with Crippen molar-refractivity contribution in [2.24, 2.45) is 0 Å². The lowest BCUT2D eigenvalue weighted by atomic mass is 10.0. The fourth-order valence-electron chi connectivity index (χ4n) is 2.93. The molecule has 1 atom stereocenters. The number of nitrogens with one attached hydrogen (secondary N) is 1. The van der Waals surface area contributed by atoms with Gasteiger partial charge in [-0.25, -0.2) is 0 Å². The van der Waals surface area contributed by atoms with E-state index in [0.717, 1.165) is 5.56 Å². The second kappa shape index (κ2) is 8.25. The van der Waals surface area contributed by atoms with Crippen molar-refractivity contribution < 1.29 is 14.3 Å². The normalized spacial score (nSPS) is 11.6. The van der Waals surface area contributed by atoms with Gasteiger partial charge in [0.05, 0.1) is 26.7 Å². The quantitative estimate of drug-likeness (QED) is 0.697. The summed E-state index contributed by atoms with van der Waals surface area (Å²) in [6, 6.07) is 19.2. The lowest BCUT2D eigenvalue weighted by molar-refractivity contribution is -0.116. The number of amides is 1. The third kappa shape index (κ3) is 4.06. The van der Waals surface area contributed by atoms with E-state index in [-0.39, 0.29) is 11.9 Å². The highest BCUT2D eigenvalue weighted by Gasteiger charge is 2.17. The zero-order valence-electron chi connectivity index (χ0n) is 14.9. The molecule has 0 unspecified atom stereocenters. The van der Waals surface area contributed by atoms with Crippen molar-refractivity contribution >= 4 is 11.6 Å². The van der Waals surface area contributed by atoms with E-state index < -0.39 is 0 Å². The van der Waals surface area contributed by atoms with Crippen molar-refractivity contribution in [1.29, 1.82) is 0 Å². The monoisotopic (exact) mass is 350 g/mol. The molecule has 0 aliphatic rings. The molecule has 1 heterocycles. The van der Waals surface area contributed by atoms with Crippen LogP contribution in [0.3, 0.4) is 0 Å². The van der Waals surface area contributed by atoms with Gasteiger partial charge in [0.25, 0.3) is 0 Å². The number of anilines is 1. The maximum Gasteiger partial charge on any atom is 0.226 e. The fourth-order valence-corrected chi connectivity index (χ4v) is 2.93. The van der Waals surface area contributed by atoms with E-state index in [0.29, 0.717) is 23.6 Å². The van der Waals surface area contributed by atoms with Crippen molar-refractivity contribution in [1.82, 2.24) is 4.57 Å². The third-order valence-electron chi connectivity index (χ3n) is 4.22. The summed E-state index contributed by atoms with van der Waals surface area (Å²) in [5, 5.41) is 2.94. The van der Waals surface area contributed by atoms with Gasteiger partial charge in [-0.1, -0.05) is 30.3 Å². The van der Waals surface area contributed by atoms with Gasteiger partial charge in [0, 0.05) is 24.1 Å². The summed E-state index contributed by atoms with van der Waals surface area (Å²) in [4.78, 5) is 12.6. The molecular weight excluding hydrogens is 328 g/mol. The molecule has 0 saturated heterocycles. The van der Waals surface area contributed by atoms with E-state index in [4.69, 9.17) is 9.47 Å². The van der Waals surface area contributed by atoms with Gasteiger partial charge in [0.15, 0.2) is 11.5 Å². The number of carbonyl (C=O) groups is 1. The Morgan fingerprint density at radius 1 is 0.962 bits per heavy atom. The number of ether oxygens (including phenoxy) is 2. The first-order valence-corrected chi connectivity index (χ1v) is 8.40. The number of hydrogen-bond donors (Lipinski definition) is 1. The minimum absolute atomic E-state index is 0.0636. The number of nitrogens with zero attached hydrogens (tertiary/aromatic N) is 1. The second-order valence-corrected chi connectivity index (χ2v) is 5.88. The molecule has 26 heavy (non-hydrogen) atoms. The zero-order valence-corrected chi connectivity index (χ0v) is 14.9. The number of carbonyl (C=O) groups excluding carboxylic acids is 1. The van der Waals surface area contributed by atoms with Gasteiger partial charge in [-0.3, -0.25) is 4.79 Å². The van der Waals surface area contributed by atoms with Crippen molar-refractivity contribution in [2.75, 3.05) is 19.5 Å². The highest BCUT2D eigenvalue weighted by molar-refractivity contribution is 5.91. The molecule has 1 aromatic heterocycles. The van der Waals surface area contributed by atoms with Crippen LogP contribution in [0.1, 0.15) is 18.0 Å². The molecule has 0 fully saturated rings. The maximum atomic E-state index is 12.6. The Balaban J connectivity index is 1.77. The first kappa shape index (κ1) is 17.6. The molecule has 0 saturated carbocycles. The largest absolute Gasteiger partial charge is 0.493 e. The van der Waals surface area contributed by atoms with Crippen LogP contribution in [-0.2, 0) is 4.79 Å². The first-order valence-electron chi connectivity index (χ1n) is 8.40. The molecule has 1 amide bonds. The smallest absolute Gasteiger partial charge is 0.226 e. The highest BCUT2D eigenvalue weighted by atomic mass is 16.5. The summed E-state index contributed by atoms with van der Waals surface area (Å²) >= 11 is 0. The van der Waals surface area contributed by atoms with Gasteiger partial charge < -0.3 is 19.4 Å². The van der Waals surface area contributed by atoms with Gasteiger partial charge in [-0.15, -0.1) is 0 Å². The van der Waals surface area contributed by atoms with Gasteiger partial charge in [-0.2, -0.15) is 0 Å². The average molecular weight is 350 g/mol. The maximum absolute atomic E-state index is 12.6. The minimum Gasteiger partial charge on any atom is -0.493 e. The molecule has 5 heteroatoms. The average Bonchev–Trinajstić information content (AvgIpc) is 3.21. The molecule has 2 aromatic carbocycles. The molecule has 0 bridgehead atoms. The molecule has 0 spiro atoms. The van der Waals surface area contributed by atoms with Crippen molar-refractivity contribution in [3.63, 3.8) is 0 Å². The minimum atomic E-state index is -0.0697. The molecule has 1 N–H and O–H groups in total. The summed E-state index contributed by atoms with van der Waals surface area (Å²) in [5.41, 5.74) is 1.76. The van der Waals surface area contributed by atoms with E-state index in [1.165, 1.54) is 0 Å². The van der Waals surface area contributed by atoms with E-state index in [1.807, 2.05) is 59.4 Å². The molecule has 3 aromatic rings. The van der Waals surface area contributed by atoms with Gasteiger partial charge in [0.1, 0.15) is 0 Å². The summed E-state index contributed by atoms with van der Waals surface area (Å²) in [6.07, 6.45) is 4.27. The lowest BCUT2D eigenvalue weighted by Crippen LogP contribution is -2.19. The molecule has 0 aliphatic heterocycles. The van der Waals surface area contributed by atoms with Crippen LogP contribution in [0.2, 0.25) is 0 Å². The van der Waals surface area contributed by atoms with E-state index in [9.17, 15) is 4.79 Å². The van der Waals surface area contributed by atoms with Crippen LogP contribution in [0.4, 0.5) is 5.69 Å². The van der Waals surface area contributed by atoms with E-state index >= 15 is 0 Å². The van der Waals surface area contributed by atoms with Crippen molar-refractivity contribution in [3.8, 4) is 11.5 Å². The molecule has 5 nitrogen and oxygen atoms in total. The Bertz CT molecular complexity index is 845. The Morgan fingerprint density at radius 3 is 2.31 bits per heavy atom. The molecule has 3 rings (SSSR count). The number of aromatic nitrogens is 1. The third-order valence-corrected chi connectivity index (χ3v) is 4.22. The predicted molar refractivity (Wildman–Crippen MR) is 102 cm³/mol. The van der Waals surface area contributed by atoms with Crippen LogP contribution >= 0.6 is 0 Å². The Morgan fingerprint density at radius 2 is 1.65 bits per heavy atom.